The zero-order valence-corrected chi connectivity index (χ0v) is 18.2. The molecular weight excluding hydrogens is 424 g/mol. The van der Waals surface area contributed by atoms with Gasteiger partial charge in [0.1, 0.15) is 17.9 Å². The Morgan fingerprint density at radius 1 is 0.844 bits per heavy atom. The average Bonchev–Trinajstić information content (AvgIpc) is 2.82. The molecule has 1 aromatic heterocycles. The molecule has 162 valence electrons. The summed E-state index contributed by atoms with van der Waals surface area (Å²) in [7, 11) is -3.70. The van der Waals surface area contributed by atoms with E-state index in [1.807, 2.05) is 43.3 Å². The minimum Gasteiger partial charge on any atom is -0.494 e. The Bertz CT molecular complexity index is 1280. The number of aromatic nitrogens is 2. The minimum absolute atomic E-state index is 0.164. The zero-order chi connectivity index (χ0) is 22.4. The van der Waals surface area contributed by atoms with Crippen LogP contribution >= 0.6 is 0 Å². The maximum Gasteiger partial charge on any atom is 0.261 e. The van der Waals surface area contributed by atoms with Crippen molar-refractivity contribution in [1.29, 1.82) is 0 Å². The Hall–Kier alpha value is -3.91. The van der Waals surface area contributed by atoms with Crippen molar-refractivity contribution in [2.75, 3.05) is 16.6 Å². The number of hydrogen-bond acceptors (Lipinski definition) is 6. The molecule has 32 heavy (non-hydrogen) atoms. The smallest absolute Gasteiger partial charge is 0.261 e. The maximum absolute atomic E-state index is 12.6. The summed E-state index contributed by atoms with van der Waals surface area (Å²) in [5.74, 6) is 1.27. The Morgan fingerprint density at radius 2 is 1.53 bits per heavy atom. The van der Waals surface area contributed by atoms with Crippen LogP contribution in [0.4, 0.5) is 17.2 Å². The van der Waals surface area contributed by atoms with E-state index in [0.29, 0.717) is 23.9 Å². The SMILES string of the molecule is CCOc1ccc(S(=O)(=O)Nc2ccc(Nc3cc(-c4ccccc4)ncn3)cc2)cc1. The highest BCUT2D eigenvalue weighted by molar-refractivity contribution is 7.92. The molecule has 8 heteroatoms. The van der Waals surface area contributed by atoms with Crippen molar-refractivity contribution in [1.82, 2.24) is 9.97 Å². The fourth-order valence-electron chi connectivity index (χ4n) is 3.06. The number of sulfonamides is 1. The summed E-state index contributed by atoms with van der Waals surface area (Å²) >= 11 is 0. The van der Waals surface area contributed by atoms with Gasteiger partial charge in [-0.15, -0.1) is 0 Å². The Labute approximate surface area is 187 Å². The second kappa shape index (κ2) is 9.49. The lowest BCUT2D eigenvalue weighted by Crippen LogP contribution is -2.12. The van der Waals surface area contributed by atoms with Gasteiger partial charge in [0.15, 0.2) is 0 Å². The van der Waals surface area contributed by atoms with Crippen LogP contribution in [0.2, 0.25) is 0 Å². The summed E-state index contributed by atoms with van der Waals surface area (Å²) in [6.45, 7) is 2.39. The predicted molar refractivity (Wildman–Crippen MR) is 126 cm³/mol. The van der Waals surface area contributed by atoms with Gasteiger partial charge >= 0.3 is 0 Å². The third-order valence-corrected chi connectivity index (χ3v) is 5.99. The fraction of sp³-hybridized carbons (Fsp3) is 0.0833. The molecule has 3 aromatic carbocycles. The monoisotopic (exact) mass is 446 g/mol. The van der Waals surface area contributed by atoms with Crippen molar-refractivity contribution in [2.45, 2.75) is 11.8 Å². The Balaban J connectivity index is 1.44. The molecule has 0 saturated heterocycles. The molecule has 0 aliphatic heterocycles. The number of hydrogen-bond donors (Lipinski definition) is 2. The summed E-state index contributed by atoms with van der Waals surface area (Å²) in [6, 6.07) is 24.9. The standard InChI is InChI=1S/C24H22N4O3S/c1-2-31-21-12-14-22(15-13-21)32(29,30)28-20-10-8-19(9-11-20)27-24-16-23(25-17-26-24)18-6-4-3-5-7-18/h3-17,28H,2H2,1H3,(H,25,26,27). The first-order valence-electron chi connectivity index (χ1n) is 10.0. The summed E-state index contributed by atoms with van der Waals surface area (Å²) in [4.78, 5) is 8.74. The first kappa shape index (κ1) is 21.3. The topological polar surface area (TPSA) is 93.2 Å². The Morgan fingerprint density at radius 3 is 2.22 bits per heavy atom. The van der Waals surface area contributed by atoms with Crippen LogP contribution in [0, 0.1) is 0 Å². The highest BCUT2D eigenvalue weighted by Crippen LogP contribution is 2.23. The lowest BCUT2D eigenvalue weighted by Gasteiger charge is -2.11. The van der Waals surface area contributed by atoms with Crippen LogP contribution in [-0.4, -0.2) is 25.0 Å². The normalized spacial score (nSPS) is 11.0. The van der Waals surface area contributed by atoms with Gasteiger partial charge in [-0.1, -0.05) is 30.3 Å². The van der Waals surface area contributed by atoms with Crippen LogP contribution in [0.15, 0.2) is 96.2 Å². The van der Waals surface area contributed by atoms with E-state index in [1.54, 1.807) is 36.4 Å². The minimum atomic E-state index is -3.70. The van der Waals surface area contributed by atoms with E-state index in [2.05, 4.69) is 20.0 Å². The van der Waals surface area contributed by atoms with Gasteiger partial charge in [-0.2, -0.15) is 0 Å². The van der Waals surface area contributed by atoms with Gasteiger partial charge in [0.2, 0.25) is 0 Å². The molecule has 0 spiro atoms. The summed E-state index contributed by atoms with van der Waals surface area (Å²) in [5.41, 5.74) is 3.03. The summed E-state index contributed by atoms with van der Waals surface area (Å²) in [6.07, 6.45) is 1.50. The van der Waals surface area contributed by atoms with Crippen LogP contribution in [0.3, 0.4) is 0 Å². The second-order valence-corrected chi connectivity index (χ2v) is 8.55. The Kier molecular flexibility index (Phi) is 6.32. The molecule has 0 unspecified atom stereocenters. The molecule has 0 aliphatic rings. The number of benzene rings is 3. The first-order valence-corrected chi connectivity index (χ1v) is 11.5. The van der Waals surface area contributed by atoms with Gasteiger partial charge in [-0.3, -0.25) is 4.72 Å². The number of anilines is 3. The van der Waals surface area contributed by atoms with Crippen molar-refractivity contribution >= 4 is 27.2 Å². The van der Waals surface area contributed by atoms with Crippen molar-refractivity contribution in [3.63, 3.8) is 0 Å². The molecular formula is C24H22N4O3S. The quantitative estimate of drug-likeness (QED) is 0.392. The van der Waals surface area contributed by atoms with E-state index in [1.165, 1.54) is 18.5 Å². The molecule has 2 N–H and O–H groups in total. The lowest BCUT2D eigenvalue weighted by atomic mass is 10.1. The van der Waals surface area contributed by atoms with Gasteiger partial charge in [0.05, 0.1) is 17.2 Å². The molecule has 1 heterocycles. The number of nitrogens with one attached hydrogen (secondary N) is 2. The molecule has 7 nitrogen and oxygen atoms in total. The van der Waals surface area contributed by atoms with Crippen molar-refractivity contribution in [3.05, 3.63) is 91.3 Å². The van der Waals surface area contributed by atoms with Crippen LogP contribution in [0.25, 0.3) is 11.3 Å². The highest BCUT2D eigenvalue weighted by atomic mass is 32.2. The third-order valence-electron chi connectivity index (χ3n) is 4.59. The van der Waals surface area contributed by atoms with Crippen LogP contribution in [0.5, 0.6) is 5.75 Å². The number of nitrogens with zero attached hydrogens (tertiary/aromatic N) is 2. The molecule has 0 saturated carbocycles. The van der Waals surface area contributed by atoms with Crippen molar-refractivity contribution in [3.8, 4) is 17.0 Å². The van der Waals surface area contributed by atoms with E-state index in [9.17, 15) is 8.42 Å². The molecule has 0 amide bonds. The van der Waals surface area contributed by atoms with Crippen LogP contribution < -0.4 is 14.8 Å². The predicted octanol–water partition coefficient (Wildman–Crippen LogP) is 5.09. The first-order chi connectivity index (χ1) is 15.5. The van der Waals surface area contributed by atoms with Gasteiger partial charge in [-0.05, 0) is 55.5 Å². The molecule has 0 aliphatic carbocycles. The lowest BCUT2D eigenvalue weighted by molar-refractivity contribution is 0.340. The molecule has 4 rings (SSSR count). The highest BCUT2D eigenvalue weighted by Gasteiger charge is 2.14. The summed E-state index contributed by atoms with van der Waals surface area (Å²) < 4.78 is 33.2. The third kappa shape index (κ3) is 5.22. The van der Waals surface area contributed by atoms with Gasteiger partial charge in [0, 0.05) is 23.0 Å². The number of ether oxygens (including phenoxy) is 1. The van der Waals surface area contributed by atoms with E-state index < -0.39 is 10.0 Å². The average molecular weight is 447 g/mol. The van der Waals surface area contributed by atoms with E-state index >= 15 is 0 Å². The maximum atomic E-state index is 12.6. The largest absolute Gasteiger partial charge is 0.494 e. The van der Waals surface area contributed by atoms with E-state index in [4.69, 9.17) is 4.74 Å². The van der Waals surface area contributed by atoms with Gasteiger partial charge < -0.3 is 10.1 Å². The number of rotatable bonds is 8. The van der Waals surface area contributed by atoms with Crippen molar-refractivity contribution < 1.29 is 13.2 Å². The second-order valence-electron chi connectivity index (χ2n) is 6.87. The summed E-state index contributed by atoms with van der Waals surface area (Å²) in [5, 5.41) is 3.21. The van der Waals surface area contributed by atoms with Gasteiger partial charge in [-0.25, -0.2) is 18.4 Å². The zero-order valence-electron chi connectivity index (χ0n) is 17.4. The molecule has 0 fully saturated rings. The van der Waals surface area contributed by atoms with Crippen LogP contribution in [0.1, 0.15) is 6.92 Å². The van der Waals surface area contributed by atoms with E-state index in [-0.39, 0.29) is 4.90 Å². The molecule has 4 aromatic rings. The van der Waals surface area contributed by atoms with Crippen molar-refractivity contribution in [2.24, 2.45) is 0 Å². The van der Waals surface area contributed by atoms with Gasteiger partial charge in [0.25, 0.3) is 10.0 Å². The molecule has 0 radical (unpaired) electrons. The van der Waals surface area contributed by atoms with E-state index in [0.717, 1.165) is 16.9 Å². The molecule has 0 atom stereocenters. The molecule has 0 bridgehead atoms. The fourth-order valence-corrected chi connectivity index (χ4v) is 4.12. The van der Waals surface area contributed by atoms with Crippen LogP contribution in [-0.2, 0) is 10.0 Å².